The lowest BCUT2D eigenvalue weighted by molar-refractivity contribution is 0.127. The zero-order chi connectivity index (χ0) is 14.2. The number of hydrogen-bond acceptors (Lipinski definition) is 4. The first kappa shape index (κ1) is 14.1. The zero-order valence-corrected chi connectivity index (χ0v) is 13.0. The molecular formula is C16H27N3O. The highest BCUT2D eigenvalue weighted by Gasteiger charge is 2.34. The Bertz CT molecular complexity index is 445. The highest BCUT2D eigenvalue weighted by molar-refractivity contribution is 5.03. The smallest absolute Gasteiger partial charge is 0.240 e. The van der Waals surface area contributed by atoms with Gasteiger partial charge in [-0.2, -0.15) is 4.98 Å². The Morgan fingerprint density at radius 1 is 1.15 bits per heavy atom. The third-order valence-corrected chi connectivity index (χ3v) is 4.82. The van der Waals surface area contributed by atoms with Crippen molar-refractivity contribution in [3.8, 4) is 0 Å². The first-order valence-corrected chi connectivity index (χ1v) is 8.10. The molecule has 1 aromatic rings. The molecule has 1 heterocycles. The van der Waals surface area contributed by atoms with Crippen molar-refractivity contribution >= 4 is 0 Å². The summed E-state index contributed by atoms with van der Waals surface area (Å²) in [6.45, 7) is 7.79. The van der Waals surface area contributed by atoms with Crippen molar-refractivity contribution < 1.29 is 4.52 Å². The molecule has 0 aromatic carbocycles. The average Bonchev–Trinajstić information content (AvgIpc) is 3.15. The fourth-order valence-corrected chi connectivity index (χ4v) is 3.48. The summed E-state index contributed by atoms with van der Waals surface area (Å²) in [5, 5.41) is 7.75. The van der Waals surface area contributed by atoms with E-state index in [-0.39, 0.29) is 0 Å². The van der Waals surface area contributed by atoms with Gasteiger partial charge in [-0.15, -0.1) is 0 Å². The predicted octanol–water partition coefficient (Wildman–Crippen LogP) is 3.64. The van der Waals surface area contributed by atoms with E-state index in [1.165, 1.54) is 38.5 Å². The maximum absolute atomic E-state index is 5.35. The van der Waals surface area contributed by atoms with E-state index in [0.717, 1.165) is 24.2 Å². The van der Waals surface area contributed by atoms with Gasteiger partial charge in [0.05, 0.1) is 6.54 Å². The summed E-state index contributed by atoms with van der Waals surface area (Å²) < 4.78 is 5.35. The molecule has 1 aromatic heterocycles. The molecule has 0 aliphatic heterocycles. The van der Waals surface area contributed by atoms with Crippen LogP contribution in [0, 0.1) is 11.3 Å². The summed E-state index contributed by atoms with van der Waals surface area (Å²) in [6.07, 6.45) is 7.75. The van der Waals surface area contributed by atoms with Gasteiger partial charge in [0.2, 0.25) is 5.89 Å². The van der Waals surface area contributed by atoms with E-state index >= 15 is 0 Å². The SMILES string of the molecule is CC(C)(C)C1CCCCC1NCc1nc(C2CC2)no1. The van der Waals surface area contributed by atoms with E-state index in [0.29, 0.717) is 17.4 Å². The molecule has 1 N–H and O–H groups in total. The maximum atomic E-state index is 5.35. The molecular weight excluding hydrogens is 250 g/mol. The Balaban J connectivity index is 1.57. The van der Waals surface area contributed by atoms with Gasteiger partial charge < -0.3 is 9.84 Å². The number of aromatic nitrogens is 2. The molecule has 20 heavy (non-hydrogen) atoms. The van der Waals surface area contributed by atoms with Gasteiger partial charge in [0.15, 0.2) is 5.82 Å². The number of rotatable bonds is 4. The third-order valence-electron chi connectivity index (χ3n) is 4.82. The normalized spacial score (nSPS) is 27.8. The van der Waals surface area contributed by atoms with E-state index in [4.69, 9.17) is 4.52 Å². The molecule has 0 radical (unpaired) electrons. The van der Waals surface area contributed by atoms with Gasteiger partial charge in [-0.1, -0.05) is 38.8 Å². The third kappa shape index (κ3) is 3.22. The van der Waals surface area contributed by atoms with E-state index < -0.39 is 0 Å². The minimum absolute atomic E-state index is 0.367. The van der Waals surface area contributed by atoms with Crippen LogP contribution in [0.1, 0.15) is 76.9 Å². The molecule has 2 fully saturated rings. The molecule has 2 aliphatic rings. The molecule has 4 nitrogen and oxygen atoms in total. The highest BCUT2D eigenvalue weighted by atomic mass is 16.5. The van der Waals surface area contributed by atoms with Crippen LogP contribution in [0.25, 0.3) is 0 Å². The van der Waals surface area contributed by atoms with Crippen LogP contribution in [0.3, 0.4) is 0 Å². The summed E-state index contributed by atoms with van der Waals surface area (Å²) in [7, 11) is 0. The lowest BCUT2D eigenvalue weighted by atomic mass is 9.69. The van der Waals surface area contributed by atoms with E-state index in [9.17, 15) is 0 Å². The minimum atomic E-state index is 0.367. The van der Waals surface area contributed by atoms with Crippen molar-refractivity contribution in [2.24, 2.45) is 11.3 Å². The van der Waals surface area contributed by atoms with Gasteiger partial charge in [-0.05, 0) is 37.0 Å². The molecule has 2 saturated carbocycles. The molecule has 112 valence electrons. The van der Waals surface area contributed by atoms with Gasteiger partial charge in [-0.25, -0.2) is 0 Å². The molecule has 2 atom stereocenters. The monoisotopic (exact) mass is 277 g/mol. The highest BCUT2D eigenvalue weighted by Crippen LogP contribution is 2.39. The van der Waals surface area contributed by atoms with Crippen LogP contribution >= 0.6 is 0 Å². The van der Waals surface area contributed by atoms with Crippen molar-refractivity contribution in [2.75, 3.05) is 0 Å². The molecule has 3 rings (SSSR count). The summed E-state index contributed by atoms with van der Waals surface area (Å²) in [5.74, 6) is 2.98. The molecule has 2 unspecified atom stereocenters. The lowest BCUT2D eigenvalue weighted by Crippen LogP contribution is -2.43. The summed E-state index contributed by atoms with van der Waals surface area (Å²) in [6, 6.07) is 0.583. The van der Waals surface area contributed by atoms with Crippen LogP contribution in [0.4, 0.5) is 0 Å². The van der Waals surface area contributed by atoms with Gasteiger partial charge in [-0.3, -0.25) is 0 Å². The van der Waals surface area contributed by atoms with Crippen molar-refractivity contribution in [1.29, 1.82) is 0 Å². The first-order chi connectivity index (χ1) is 9.54. The van der Waals surface area contributed by atoms with Crippen LogP contribution in [0.5, 0.6) is 0 Å². The maximum Gasteiger partial charge on any atom is 0.240 e. The molecule has 2 aliphatic carbocycles. The van der Waals surface area contributed by atoms with Crippen molar-refractivity contribution in [3.63, 3.8) is 0 Å². The molecule has 0 saturated heterocycles. The Kier molecular flexibility index (Phi) is 3.85. The summed E-state index contributed by atoms with van der Waals surface area (Å²) in [5.41, 5.74) is 0.367. The van der Waals surface area contributed by atoms with E-state index in [2.05, 4.69) is 36.2 Å². The Morgan fingerprint density at radius 2 is 1.90 bits per heavy atom. The topological polar surface area (TPSA) is 51.0 Å². The van der Waals surface area contributed by atoms with Crippen LogP contribution in [0.2, 0.25) is 0 Å². The number of nitrogens with zero attached hydrogens (tertiary/aromatic N) is 2. The second-order valence-corrected chi connectivity index (χ2v) is 7.56. The van der Waals surface area contributed by atoms with Crippen molar-refractivity contribution in [2.45, 2.75) is 77.8 Å². The second-order valence-electron chi connectivity index (χ2n) is 7.56. The van der Waals surface area contributed by atoms with Gasteiger partial charge in [0.25, 0.3) is 0 Å². The van der Waals surface area contributed by atoms with E-state index in [1.807, 2.05) is 0 Å². The van der Waals surface area contributed by atoms with Crippen molar-refractivity contribution in [1.82, 2.24) is 15.5 Å². The molecule has 0 spiro atoms. The Hall–Kier alpha value is -0.900. The van der Waals surface area contributed by atoms with E-state index in [1.54, 1.807) is 0 Å². The van der Waals surface area contributed by atoms with Gasteiger partial charge in [0, 0.05) is 12.0 Å². The minimum Gasteiger partial charge on any atom is -0.338 e. The fourth-order valence-electron chi connectivity index (χ4n) is 3.48. The summed E-state index contributed by atoms with van der Waals surface area (Å²) in [4.78, 5) is 4.50. The average molecular weight is 277 g/mol. The summed E-state index contributed by atoms with van der Waals surface area (Å²) >= 11 is 0. The first-order valence-electron chi connectivity index (χ1n) is 8.10. The van der Waals surface area contributed by atoms with Gasteiger partial charge in [0.1, 0.15) is 0 Å². The Morgan fingerprint density at radius 3 is 2.60 bits per heavy atom. The van der Waals surface area contributed by atoms with Crippen molar-refractivity contribution in [3.05, 3.63) is 11.7 Å². The molecule has 4 heteroatoms. The quantitative estimate of drug-likeness (QED) is 0.913. The number of hydrogen-bond donors (Lipinski definition) is 1. The van der Waals surface area contributed by atoms with Crippen LogP contribution in [-0.2, 0) is 6.54 Å². The van der Waals surface area contributed by atoms with Crippen LogP contribution < -0.4 is 5.32 Å². The fraction of sp³-hybridized carbons (Fsp3) is 0.875. The number of nitrogens with one attached hydrogen (secondary N) is 1. The van der Waals surface area contributed by atoms with Gasteiger partial charge >= 0.3 is 0 Å². The zero-order valence-electron chi connectivity index (χ0n) is 13.0. The molecule has 0 bridgehead atoms. The Labute approximate surface area is 121 Å². The largest absolute Gasteiger partial charge is 0.338 e. The predicted molar refractivity (Wildman–Crippen MR) is 78.3 cm³/mol. The standard InChI is InChI=1S/C16H27N3O/c1-16(2,3)12-6-4-5-7-13(12)17-10-14-18-15(19-20-14)11-8-9-11/h11-13,17H,4-10H2,1-3H3. The van der Waals surface area contributed by atoms with Crippen LogP contribution in [0.15, 0.2) is 4.52 Å². The van der Waals surface area contributed by atoms with Crippen LogP contribution in [-0.4, -0.2) is 16.2 Å². The second kappa shape index (κ2) is 5.47. The molecule has 0 amide bonds. The lowest BCUT2D eigenvalue weighted by Gasteiger charge is -2.40.